The normalized spacial score (nSPS) is 16.6. The van der Waals surface area contributed by atoms with Gasteiger partial charge in [0.05, 0.1) is 7.11 Å². The summed E-state index contributed by atoms with van der Waals surface area (Å²) in [6, 6.07) is 16.6. The molecule has 0 aromatic heterocycles. The second-order valence-corrected chi connectivity index (χ2v) is 8.26. The summed E-state index contributed by atoms with van der Waals surface area (Å²) in [5.74, 6) is 2.07. The fraction of sp³-hybridized carbons (Fsp3) is 0.440. The fourth-order valence-electron chi connectivity index (χ4n) is 4.44. The van der Waals surface area contributed by atoms with E-state index in [2.05, 4.69) is 50.4 Å². The van der Waals surface area contributed by atoms with Crippen molar-refractivity contribution in [3.63, 3.8) is 0 Å². The lowest BCUT2D eigenvalue weighted by molar-refractivity contribution is -0.128. The van der Waals surface area contributed by atoms with Crippen LogP contribution in [0.1, 0.15) is 24.0 Å². The molecule has 7 nitrogen and oxygen atoms in total. The molecule has 8 heteroatoms. The molecule has 4 rings (SSSR count). The van der Waals surface area contributed by atoms with Crippen LogP contribution in [-0.2, 0) is 17.9 Å². The zero-order chi connectivity index (χ0) is 22.3. The first-order valence-electron chi connectivity index (χ1n) is 11.4. The van der Waals surface area contributed by atoms with E-state index < -0.39 is 0 Å². The number of piperazine rings is 1. The number of aliphatic imine (C=N–C) groups is 1. The van der Waals surface area contributed by atoms with Crippen LogP contribution in [0.5, 0.6) is 5.75 Å². The molecule has 0 atom stereocenters. The molecule has 2 aliphatic rings. The Hall–Kier alpha value is -2.49. The first-order valence-corrected chi connectivity index (χ1v) is 11.4. The maximum Gasteiger partial charge on any atom is 0.222 e. The van der Waals surface area contributed by atoms with E-state index in [0.29, 0.717) is 19.5 Å². The fourth-order valence-corrected chi connectivity index (χ4v) is 4.44. The molecule has 0 spiro atoms. The zero-order valence-electron chi connectivity index (χ0n) is 19.5. The number of ether oxygens (including phenoxy) is 1. The largest absolute Gasteiger partial charge is 0.497 e. The Kier molecular flexibility index (Phi) is 9.22. The number of anilines is 1. The number of methoxy groups -OCH3 is 1. The van der Waals surface area contributed by atoms with Crippen LogP contribution < -0.4 is 15.0 Å². The van der Waals surface area contributed by atoms with Crippen molar-refractivity contribution in [3.05, 3.63) is 59.7 Å². The van der Waals surface area contributed by atoms with E-state index >= 15 is 0 Å². The first-order chi connectivity index (χ1) is 15.7. The Morgan fingerprint density at radius 3 is 2.30 bits per heavy atom. The number of benzene rings is 2. The van der Waals surface area contributed by atoms with Crippen molar-refractivity contribution in [2.45, 2.75) is 25.9 Å². The SMILES string of the molecule is CN=C(NCc1ccccc1CN1CCCC1=O)N1CCN(c2ccc(OC)cc2)CC1.I. The molecule has 33 heavy (non-hydrogen) atoms. The number of halogens is 1. The van der Waals surface area contributed by atoms with Gasteiger partial charge in [0, 0.05) is 65.0 Å². The minimum Gasteiger partial charge on any atom is -0.497 e. The van der Waals surface area contributed by atoms with Gasteiger partial charge in [-0.2, -0.15) is 0 Å². The molecule has 2 fully saturated rings. The van der Waals surface area contributed by atoms with E-state index in [1.807, 2.05) is 30.1 Å². The van der Waals surface area contributed by atoms with Crippen molar-refractivity contribution in [2.75, 3.05) is 51.8 Å². The summed E-state index contributed by atoms with van der Waals surface area (Å²) < 4.78 is 5.26. The van der Waals surface area contributed by atoms with Gasteiger partial charge in [-0.05, 0) is 41.8 Å². The Labute approximate surface area is 213 Å². The summed E-state index contributed by atoms with van der Waals surface area (Å²) in [6.45, 7) is 5.97. The summed E-state index contributed by atoms with van der Waals surface area (Å²) in [7, 11) is 3.53. The molecule has 2 aromatic carbocycles. The number of likely N-dealkylation sites (tertiary alicyclic amines) is 1. The molecule has 0 radical (unpaired) electrons. The van der Waals surface area contributed by atoms with Gasteiger partial charge in [-0.1, -0.05) is 24.3 Å². The van der Waals surface area contributed by atoms with Crippen LogP contribution in [-0.4, -0.2) is 68.5 Å². The van der Waals surface area contributed by atoms with Crippen LogP contribution in [0.25, 0.3) is 0 Å². The summed E-state index contributed by atoms with van der Waals surface area (Å²) in [4.78, 5) is 23.2. The number of nitrogens with zero attached hydrogens (tertiary/aromatic N) is 4. The molecule has 2 heterocycles. The standard InChI is InChI=1S/C25H33N5O2.HI/c1-26-25(29-16-14-28(15-17-29)22-9-11-23(32-2)12-10-22)27-18-20-6-3-4-7-21(20)19-30-13-5-8-24(30)31;/h3-4,6-7,9-12H,5,8,13-19H2,1-2H3,(H,26,27);1H. The third-order valence-corrected chi connectivity index (χ3v) is 6.32. The van der Waals surface area contributed by atoms with Gasteiger partial charge in [0.1, 0.15) is 5.75 Å². The van der Waals surface area contributed by atoms with Crippen molar-refractivity contribution in [1.29, 1.82) is 0 Å². The lowest BCUT2D eigenvalue weighted by atomic mass is 10.1. The van der Waals surface area contributed by atoms with E-state index in [4.69, 9.17) is 4.74 Å². The lowest BCUT2D eigenvalue weighted by Crippen LogP contribution is -2.52. The maximum atomic E-state index is 12.0. The van der Waals surface area contributed by atoms with Gasteiger partial charge in [-0.3, -0.25) is 9.79 Å². The Bertz CT molecular complexity index is 942. The topological polar surface area (TPSA) is 60.4 Å². The van der Waals surface area contributed by atoms with Crippen molar-refractivity contribution in [1.82, 2.24) is 15.1 Å². The average Bonchev–Trinajstić information content (AvgIpc) is 3.25. The number of rotatable bonds is 6. The lowest BCUT2D eigenvalue weighted by Gasteiger charge is -2.37. The van der Waals surface area contributed by atoms with Crippen LogP contribution >= 0.6 is 24.0 Å². The quantitative estimate of drug-likeness (QED) is 0.332. The van der Waals surface area contributed by atoms with Crippen LogP contribution in [0, 0.1) is 0 Å². The van der Waals surface area contributed by atoms with Gasteiger partial charge >= 0.3 is 0 Å². The van der Waals surface area contributed by atoms with Gasteiger partial charge in [0.2, 0.25) is 5.91 Å². The van der Waals surface area contributed by atoms with E-state index in [1.165, 1.54) is 16.8 Å². The van der Waals surface area contributed by atoms with Gasteiger partial charge in [-0.25, -0.2) is 0 Å². The molecule has 2 aromatic rings. The molecule has 2 aliphatic heterocycles. The van der Waals surface area contributed by atoms with E-state index in [0.717, 1.165) is 50.9 Å². The molecular weight excluding hydrogens is 529 g/mol. The van der Waals surface area contributed by atoms with Crippen molar-refractivity contribution >= 4 is 41.5 Å². The highest BCUT2D eigenvalue weighted by molar-refractivity contribution is 14.0. The number of amides is 1. The monoisotopic (exact) mass is 563 g/mol. The van der Waals surface area contributed by atoms with Gasteiger partial charge in [-0.15, -0.1) is 24.0 Å². The Balaban J connectivity index is 0.00000306. The summed E-state index contributed by atoms with van der Waals surface area (Å²) in [5.41, 5.74) is 3.64. The van der Waals surface area contributed by atoms with Crippen molar-refractivity contribution in [2.24, 2.45) is 4.99 Å². The molecule has 0 aliphatic carbocycles. The minimum atomic E-state index is 0. The minimum absolute atomic E-state index is 0. The van der Waals surface area contributed by atoms with E-state index in [1.54, 1.807) is 7.11 Å². The third kappa shape index (κ3) is 6.31. The van der Waals surface area contributed by atoms with E-state index in [9.17, 15) is 4.79 Å². The predicted molar refractivity (Wildman–Crippen MR) is 143 cm³/mol. The van der Waals surface area contributed by atoms with Crippen LogP contribution in [0.15, 0.2) is 53.5 Å². The van der Waals surface area contributed by atoms with Gasteiger partial charge in [0.15, 0.2) is 5.96 Å². The number of hydrogen-bond donors (Lipinski definition) is 1. The maximum absolute atomic E-state index is 12.0. The Morgan fingerprint density at radius 1 is 1.00 bits per heavy atom. The number of hydrogen-bond acceptors (Lipinski definition) is 4. The molecule has 1 N–H and O–H groups in total. The van der Waals surface area contributed by atoms with Gasteiger partial charge < -0.3 is 24.8 Å². The van der Waals surface area contributed by atoms with E-state index in [-0.39, 0.29) is 29.9 Å². The van der Waals surface area contributed by atoms with Crippen molar-refractivity contribution in [3.8, 4) is 5.75 Å². The summed E-state index contributed by atoms with van der Waals surface area (Å²) in [6.07, 6.45) is 1.64. The molecule has 0 saturated carbocycles. The highest BCUT2D eigenvalue weighted by Gasteiger charge is 2.22. The van der Waals surface area contributed by atoms with Crippen LogP contribution in [0.3, 0.4) is 0 Å². The molecule has 0 unspecified atom stereocenters. The first kappa shape index (κ1) is 25.1. The molecule has 178 valence electrons. The van der Waals surface area contributed by atoms with Crippen LogP contribution in [0.2, 0.25) is 0 Å². The Morgan fingerprint density at radius 2 is 1.70 bits per heavy atom. The second kappa shape index (κ2) is 12.1. The highest BCUT2D eigenvalue weighted by Crippen LogP contribution is 2.21. The highest BCUT2D eigenvalue weighted by atomic mass is 127. The van der Waals surface area contributed by atoms with Gasteiger partial charge in [0.25, 0.3) is 0 Å². The molecule has 1 amide bonds. The predicted octanol–water partition coefficient (Wildman–Crippen LogP) is 3.33. The smallest absolute Gasteiger partial charge is 0.222 e. The molecule has 0 bridgehead atoms. The average molecular weight is 563 g/mol. The molecule has 2 saturated heterocycles. The number of carbonyl (C=O) groups is 1. The van der Waals surface area contributed by atoms with Crippen LogP contribution in [0.4, 0.5) is 5.69 Å². The van der Waals surface area contributed by atoms with Crippen molar-refractivity contribution < 1.29 is 9.53 Å². The molecular formula is C25H34IN5O2. The number of nitrogens with one attached hydrogen (secondary N) is 1. The third-order valence-electron chi connectivity index (χ3n) is 6.32. The summed E-state index contributed by atoms with van der Waals surface area (Å²) >= 11 is 0. The number of guanidine groups is 1. The second-order valence-electron chi connectivity index (χ2n) is 8.26. The number of carbonyl (C=O) groups excluding carboxylic acids is 1. The summed E-state index contributed by atoms with van der Waals surface area (Å²) in [5, 5.41) is 3.54. The zero-order valence-corrected chi connectivity index (χ0v) is 21.8.